The molecule has 20 heavy (non-hydrogen) atoms. The zero-order valence-corrected chi connectivity index (χ0v) is 12.9. The molecule has 7 nitrogen and oxygen atoms in total. The number of carbonyl (C=O) groups is 1. The lowest BCUT2D eigenvalue weighted by molar-refractivity contribution is -0.140. The minimum atomic E-state index is -3.43. The van der Waals surface area contributed by atoms with Crippen molar-refractivity contribution in [1.29, 1.82) is 0 Å². The molecule has 0 radical (unpaired) electrons. The number of rotatable bonds is 3. The Morgan fingerprint density at radius 1 is 1.20 bits per heavy atom. The predicted octanol–water partition coefficient (Wildman–Crippen LogP) is -0.636. The van der Waals surface area contributed by atoms with E-state index in [2.05, 4.69) is 0 Å². The van der Waals surface area contributed by atoms with Gasteiger partial charge in [0.15, 0.2) is 0 Å². The van der Waals surface area contributed by atoms with E-state index in [9.17, 15) is 13.2 Å². The van der Waals surface area contributed by atoms with E-state index in [0.29, 0.717) is 32.8 Å². The number of ether oxygens (including phenoxy) is 1. The van der Waals surface area contributed by atoms with Crippen LogP contribution in [0.15, 0.2) is 0 Å². The molecule has 116 valence electrons. The maximum atomic E-state index is 12.4. The minimum Gasteiger partial charge on any atom is -0.378 e. The molecule has 0 spiro atoms. The normalized spacial score (nSPS) is 25.9. The molecule has 2 heterocycles. The van der Waals surface area contributed by atoms with Crippen LogP contribution in [0, 0.1) is 5.92 Å². The highest BCUT2D eigenvalue weighted by molar-refractivity contribution is 7.86. The van der Waals surface area contributed by atoms with E-state index in [-0.39, 0.29) is 18.4 Å². The molecule has 1 amide bonds. The maximum absolute atomic E-state index is 12.4. The minimum absolute atomic E-state index is 0.0620. The molecule has 0 aromatic rings. The molecule has 2 aliphatic rings. The van der Waals surface area contributed by atoms with Gasteiger partial charge in [-0.15, -0.1) is 0 Å². The number of carbonyl (C=O) groups excluding carboxylic acids is 1. The number of hydrogen-bond acceptors (Lipinski definition) is 4. The van der Waals surface area contributed by atoms with Crippen molar-refractivity contribution in [2.75, 3.05) is 53.5 Å². The first-order valence-corrected chi connectivity index (χ1v) is 8.37. The summed E-state index contributed by atoms with van der Waals surface area (Å²) in [7, 11) is -0.393. The predicted molar refractivity (Wildman–Crippen MR) is 74.3 cm³/mol. The first-order chi connectivity index (χ1) is 9.43. The molecule has 8 heteroatoms. The summed E-state index contributed by atoms with van der Waals surface area (Å²) in [5.41, 5.74) is 0. The summed E-state index contributed by atoms with van der Waals surface area (Å²) in [6.07, 6.45) is 1.49. The molecule has 0 aromatic carbocycles. The molecular weight excluding hydrogens is 282 g/mol. The van der Waals surface area contributed by atoms with E-state index in [1.165, 1.54) is 22.7 Å². The number of hydrogen-bond donors (Lipinski definition) is 0. The van der Waals surface area contributed by atoms with Crippen LogP contribution in [0.25, 0.3) is 0 Å². The van der Waals surface area contributed by atoms with Gasteiger partial charge in [-0.05, 0) is 12.8 Å². The summed E-state index contributed by atoms with van der Waals surface area (Å²) in [5, 5.41) is 0. The lowest BCUT2D eigenvalue weighted by Gasteiger charge is -2.36. The van der Waals surface area contributed by atoms with Crippen LogP contribution in [0.1, 0.15) is 12.8 Å². The van der Waals surface area contributed by atoms with Gasteiger partial charge in [0.05, 0.1) is 19.1 Å². The topological polar surface area (TPSA) is 70.2 Å². The van der Waals surface area contributed by atoms with Crippen molar-refractivity contribution in [2.45, 2.75) is 12.8 Å². The molecule has 0 saturated carbocycles. The van der Waals surface area contributed by atoms with Crippen LogP contribution in [-0.4, -0.2) is 81.3 Å². The third-order valence-corrected chi connectivity index (χ3v) is 5.75. The first kappa shape index (κ1) is 15.7. The monoisotopic (exact) mass is 305 g/mol. The van der Waals surface area contributed by atoms with Gasteiger partial charge in [0.2, 0.25) is 5.91 Å². The van der Waals surface area contributed by atoms with Crippen LogP contribution in [0.3, 0.4) is 0 Å². The van der Waals surface area contributed by atoms with Crippen LogP contribution in [0.2, 0.25) is 0 Å². The molecule has 1 unspecified atom stereocenters. The molecular formula is C12H23N3O4S. The third kappa shape index (κ3) is 3.30. The number of morpholine rings is 1. The second-order valence-electron chi connectivity index (χ2n) is 5.42. The Balaban J connectivity index is 2.01. The van der Waals surface area contributed by atoms with Crippen molar-refractivity contribution < 1.29 is 17.9 Å². The zero-order chi connectivity index (χ0) is 14.8. The van der Waals surface area contributed by atoms with Gasteiger partial charge in [0.25, 0.3) is 10.2 Å². The van der Waals surface area contributed by atoms with Gasteiger partial charge >= 0.3 is 0 Å². The molecule has 2 saturated heterocycles. The Hall–Kier alpha value is -0.700. The highest BCUT2D eigenvalue weighted by Gasteiger charge is 2.35. The van der Waals surface area contributed by atoms with E-state index in [4.69, 9.17) is 4.74 Å². The van der Waals surface area contributed by atoms with Crippen molar-refractivity contribution in [3.63, 3.8) is 0 Å². The van der Waals surface area contributed by atoms with Crippen molar-refractivity contribution in [3.8, 4) is 0 Å². The van der Waals surface area contributed by atoms with Gasteiger partial charge in [0, 0.05) is 40.3 Å². The average Bonchev–Trinajstić information content (AvgIpc) is 2.47. The van der Waals surface area contributed by atoms with E-state index in [1.807, 2.05) is 0 Å². The Labute approximate surface area is 120 Å². The van der Waals surface area contributed by atoms with E-state index in [0.717, 1.165) is 12.8 Å². The Morgan fingerprint density at radius 3 is 2.45 bits per heavy atom. The summed E-state index contributed by atoms with van der Waals surface area (Å²) < 4.78 is 32.1. The van der Waals surface area contributed by atoms with Crippen LogP contribution < -0.4 is 0 Å². The molecule has 0 N–H and O–H groups in total. The molecule has 2 fully saturated rings. The smallest absolute Gasteiger partial charge is 0.281 e. The summed E-state index contributed by atoms with van der Waals surface area (Å²) in [6, 6.07) is 0. The van der Waals surface area contributed by atoms with E-state index >= 15 is 0 Å². The second kappa shape index (κ2) is 6.38. The fourth-order valence-electron chi connectivity index (χ4n) is 2.63. The van der Waals surface area contributed by atoms with Crippen LogP contribution >= 0.6 is 0 Å². The molecule has 1 atom stereocenters. The highest BCUT2D eigenvalue weighted by Crippen LogP contribution is 2.22. The zero-order valence-electron chi connectivity index (χ0n) is 12.1. The lowest BCUT2D eigenvalue weighted by Crippen LogP contribution is -2.51. The van der Waals surface area contributed by atoms with Crippen molar-refractivity contribution >= 4 is 16.1 Å². The van der Waals surface area contributed by atoms with Gasteiger partial charge in [-0.25, -0.2) is 0 Å². The maximum Gasteiger partial charge on any atom is 0.281 e. The number of piperidine rings is 1. The number of nitrogens with zero attached hydrogens (tertiary/aromatic N) is 3. The fraction of sp³-hybridized carbons (Fsp3) is 0.917. The van der Waals surface area contributed by atoms with E-state index < -0.39 is 10.2 Å². The summed E-state index contributed by atoms with van der Waals surface area (Å²) in [4.78, 5) is 14.2. The van der Waals surface area contributed by atoms with Crippen LogP contribution in [0.5, 0.6) is 0 Å². The molecule has 0 aliphatic carbocycles. The Morgan fingerprint density at radius 2 is 1.85 bits per heavy atom. The molecule has 2 aliphatic heterocycles. The number of amides is 1. The summed E-state index contributed by atoms with van der Waals surface area (Å²) in [6.45, 7) is 3.13. The van der Waals surface area contributed by atoms with Crippen molar-refractivity contribution in [2.24, 2.45) is 5.92 Å². The van der Waals surface area contributed by atoms with Gasteiger partial charge in [0.1, 0.15) is 0 Å². The lowest BCUT2D eigenvalue weighted by atomic mass is 9.98. The van der Waals surface area contributed by atoms with Crippen molar-refractivity contribution in [3.05, 3.63) is 0 Å². The third-order valence-electron chi connectivity index (χ3n) is 3.84. The largest absolute Gasteiger partial charge is 0.378 e. The summed E-state index contributed by atoms with van der Waals surface area (Å²) >= 11 is 0. The fourth-order valence-corrected chi connectivity index (χ4v) is 3.82. The average molecular weight is 305 g/mol. The standard InChI is InChI=1S/C12H23N3O4S/c1-13(2)20(17,18)15-5-3-4-11(10-15)12(16)14-6-8-19-9-7-14/h11H,3-10H2,1-2H3. The van der Waals surface area contributed by atoms with Gasteiger partial charge in [-0.1, -0.05) is 0 Å². The molecule has 0 bridgehead atoms. The first-order valence-electron chi connectivity index (χ1n) is 6.97. The van der Waals surface area contributed by atoms with Crippen molar-refractivity contribution in [1.82, 2.24) is 13.5 Å². The van der Waals surface area contributed by atoms with Gasteiger partial charge < -0.3 is 9.64 Å². The second-order valence-corrected chi connectivity index (χ2v) is 7.57. The quantitative estimate of drug-likeness (QED) is 0.696. The highest BCUT2D eigenvalue weighted by atomic mass is 32.2. The molecule has 0 aromatic heterocycles. The van der Waals surface area contributed by atoms with E-state index in [1.54, 1.807) is 4.90 Å². The van der Waals surface area contributed by atoms with Crippen LogP contribution in [-0.2, 0) is 19.7 Å². The van der Waals surface area contributed by atoms with Gasteiger partial charge in [-0.3, -0.25) is 4.79 Å². The van der Waals surface area contributed by atoms with Gasteiger partial charge in [-0.2, -0.15) is 17.0 Å². The summed E-state index contributed by atoms with van der Waals surface area (Å²) in [5.74, 6) is -0.163. The Kier molecular flexibility index (Phi) is 5.00. The molecule has 2 rings (SSSR count). The Bertz CT molecular complexity index is 446. The van der Waals surface area contributed by atoms with Crippen LogP contribution in [0.4, 0.5) is 0 Å². The SMILES string of the molecule is CN(C)S(=O)(=O)N1CCCC(C(=O)N2CCOCC2)C1.